The summed E-state index contributed by atoms with van der Waals surface area (Å²) < 4.78 is 41.8. The first-order chi connectivity index (χ1) is 17.7. The summed E-state index contributed by atoms with van der Waals surface area (Å²) in [4.78, 5) is 18.7. The van der Waals surface area contributed by atoms with Crippen LogP contribution in [-0.4, -0.2) is 67.2 Å². The summed E-state index contributed by atoms with van der Waals surface area (Å²) in [7, 11) is -3.67. The second-order valence-electron chi connectivity index (χ2n) is 9.55. The predicted octanol–water partition coefficient (Wildman–Crippen LogP) is 4.80. The van der Waals surface area contributed by atoms with Gasteiger partial charge >= 0.3 is 0 Å². The SMILES string of the molecule is C[C@@H]1CN(C(=O)CCN2CCc3sccc3[C@@H]2c2cccc(F)c2)CCN1S(=O)(=O)c1ccc(Cl)cc1. The van der Waals surface area contributed by atoms with Crippen LogP contribution in [-0.2, 0) is 21.2 Å². The number of thiophene rings is 1. The molecule has 2 aliphatic rings. The Hall–Kier alpha value is -2.30. The van der Waals surface area contributed by atoms with Crippen LogP contribution in [0.4, 0.5) is 4.39 Å². The summed E-state index contributed by atoms with van der Waals surface area (Å²) in [6.45, 7) is 4.10. The van der Waals surface area contributed by atoms with Gasteiger partial charge in [0.2, 0.25) is 15.9 Å². The molecule has 0 N–H and O–H groups in total. The third-order valence-corrected chi connectivity index (χ3v) is 10.5. The van der Waals surface area contributed by atoms with E-state index in [1.165, 1.54) is 32.9 Å². The summed E-state index contributed by atoms with van der Waals surface area (Å²) in [5, 5.41) is 2.55. The maximum Gasteiger partial charge on any atom is 0.243 e. The van der Waals surface area contributed by atoms with Crippen molar-refractivity contribution in [3.05, 3.63) is 86.8 Å². The van der Waals surface area contributed by atoms with E-state index >= 15 is 0 Å². The highest BCUT2D eigenvalue weighted by Gasteiger charge is 2.36. The fourth-order valence-electron chi connectivity index (χ4n) is 5.34. The van der Waals surface area contributed by atoms with Gasteiger partial charge in [0.1, 0.15) is 5.82 Å². The van der Waals surface area contributed by atoms with E-state index in [1.807, 2.05) is 13.0 Å². The van der Waals surface area contributed by atoms with E-state index in [-0.39, 0.29) is 35.2 Å². The van der Waals surface area contributed by atoms with Gasteiger partial charge in [-0.1, -0.05) is 23.7 Å². The molecule has 1 saturated heterocycles. The van der Waals surface area contributed by atoms with Crippen LogP contribution in [0, 0.1) is 5.82 Å². The summed E-state index contributed by atoms with van der Waals surface area (Å²) in [5.74, 6) is -0.263. The highest BCUT2D eigenvalue weighted by Crippen LogP contribution is 2.38. The van der Waals surface area contributed by atoms with E-state index in [9.17, 15) is 17.6 Å². The zero-order valence-electron chi connectivity index (χ0n) is 20.5. The van der Waals surface area contributed by atoms with Crippen LogP contribution in [0.15, 0.2) is 64.9 Å². The number of piperazine rings is 1. The molecule has 196 valence electrons. The van der Waals surface area contributed by atoms with Crippen molar-refractivity contribution in [2.24, 2.45) is 0 Å². The quantitative estimate of drug-likeness (QED) is 0.434. The molecule has 6 nitrogen and oxygen atoms in total. The molecular formula is C27H29ClFN3O3S2. The maximum absolute atomic E-state index is 14.1. The molecule has 37 heavy (non-hydrogen) atoms. The van der Waals surface area contributed by atoms with Gasteiger partial charge < -0.3 is 4.90 Å². The summed E-state index contributed by atoms with van der Waals surface area (Å²) >= 11 is 7.64. The van der Waals surface area contributed by atoms with Crippen molar-refractivity contribution in [2.45, 2.75) is 36.7 Å². The smallest absolute Gasteiger partial charge is 0.243 e. The maximum atomic E-state index is 14.1. The lowest BCUT2D eigenvalue weighted by atomic mass is 9.93. The van der Waals surface area contributed by atoms with Crippen molar-refractivity contribution >= 4 is 38.9 Å². The Morgan fingerprint density at radius 3 is 2.62 bits per heavy atom. The van der Waals surface area contributed by atoms with Crippen LogP contribution in [0.25, 0.3) is 0 Å². The fraction of sp³-hybridized carbons (Fsp3) is 0.370. The van der Waals surface area contributed by atoms with Crippen molar-refractivity contribution in [1.82, 2.24) is 14.1 Å². The molecule has 0 unspecified atom stereocenters. The van der Waals surface area contributed by atoms with Crippen LogP contribution < -0.4 is 0 Å². The average Bonchev–Trinajstić information content (AvgIpc) is 3.36. The number of hydrogen-bond donors (Lipinski definition) is 0. The number of benzene rings is 2. The number of amides is 1. The first kappa shape index (κ1) is 26.3. The molecule has 2 aromatic carbocycles. The molecule has 2 atom stereocenters. The van der Waals surface area contributed by atoms with Gasteiger partial charge in [0, 0.05) is 55.1 Å². The molecule has 0 bridgehead atoms. The molecular weight excluding hydrogens is 533 g/mol. The van der Waals surface area contributed by atoms with E-state index in [4.69, 9.17) is 11.6 Å². The standard InChI is InChI=1S/C27H29ClFN3O3S2/c1-19-18-31(14-15-32(19)37(34,35)23-7-5-21(28)6-8-23)26(33)10-13-30-12-9-25-24(11-16-36-25)27(30)20-3-2-4-22(29)17-20/h2-8,11,16-17,19,27H,9-10,12-15,18H2,1H3/t19-,27+/m1/s1. The molecule has 5 rings (SSSR count). The molecule has 0 saturated carbocycles. The lowest BCUT2D eigenvalue weighted by molar-refractivity contribution is -0.133. The highest BCUT2D eigenvalue weighted by molar-refractivity contribution is 7.89. The van der Waals surface area contributed by atoms with E-state index in [1.54, 1.807) is 40.5 Å². The molecule has 0 aliphatic carbocycles. The number of fused-ring (bicyclic) bond motifs is 1. The number of rotatable bonds is 6. The van der Waals surface area contributed by atoms with Gasteiger partial charge in [0.15, 0.2) is 0 Å². The molecule has 1 amide bonds. The molecule has 3 heterocycles. The third kappa shape index (κ3) is 5.47. The first-order valence-electron chi connectivity index (χ1n) is 12.3. The Bertz CT molecular complexity index is 1380. The third-order valence-electron chi connectivity index (χ3n) is 7.18. The minimum absolute atomic E-state index is 0.00417. The molecule has 1 aromatic heterocycles. The van der Waals surface area contributed by atoms with Crippen molar-refractivity contribution in [3.63, 3.8) is 0 Å². The van der Waals surface area contributed by atoms with Gasteiger partial charge in [0.05, 0.1) is 10.9 Å². The first-order valence-corrected chi connectivity index (χ1v) is 15.0. The Kier molecular flexibility index (Phi) is 7.70. The molecule has 10 heteroatoms. The predicted molar refractivity (Wildman–Crippen MR) is 144 cm³/mol. The summed E-state index contributed by atoms with van der Waals surface area (Å²) in [6.07, 6.45) is 1.23. The van der Waals surface area contributed by atoms with Gasteiger partial charge in [-0.15, -0.1) is 11.3 Å². The highest BCUT2D eigenvalue weighted by atomic mass is 35.5. The van der Waals surface area contributed by atoms with Crippen molar-refractivity contribution < 1.29 is 17.6 Å². The molecule has 0 spiro atoms. The zero-order valence-corrected chi connectivity index (χ0v) is 22.9. The monoisotopic (exact) mass is 561 g/mol. The Balaban J connectivity index is 1.24. The van der Waals surface area contributed by atoms with Crippen molar-refractivity contribution in [3.8, 4) is 0 Å². The Labute approximate surface area is 226 Å². The molecule has 3 aromatic rings. The zero-order chi connectivity index (χ0) is 26.2. The number of carbonyl (C=O) groups is 1. The molecule has 2 aliphatic heterocycles. The Morgan fingerprint density at radius 2 is 1.89 bits per heavy atom. The number of carbonyl (C=O) groups excluding carboxylic acids is 1. The summed E-state index contributed by atoms with van der Waals surface area (Å²) in [5.41, 5.74) is 2.07. The van der Waals surface area contributed by atoms with Crippen LogP contribution in [0.2, 0.25) is 5.02 Å². The minimum atomic E-state index is -3.67. The molecule has 1 fully saturated rings. The van der Waals surface area contributed by atoms with Gasteiger partial charge in [-0.2, -0.15) is 4.31 Å². The normalized spacial score (nSPS) is 21.1. The van der Waals surface area contributed by atoms with E-state index in [2.05, 4.69) is 16.3 Å². The van der Waals surface area contributed by atoms with E-state index < -0.39 is 10.0 Å². The number of nitrogens with zero attached hydrogens (tertiary/aromatic N) is 3. The van der Waals surface area contributed by atoms with Crippen LogP contribution in [0.1, 0.15) is 35.4 Å². The van der Waals surface area contributed by atoms with Gasteiger partial charge in [-0.05, 0) is 72.3 Å². The number of halogens is 2. The van der Waals surface area contributed by atoms with Gasteiger partial charge in [-0.3, -0.25) is 9.69 Å². The van der Waals surface area contributed by atoms with E-state index in [0.717, 1.165) is 18.5 Å². The van der Waals surface area contributed by atoms with E-state index in [0.29, 0.717) is 31.1 Å². The minimum Gasteiger partial charge on any atom is -0.340 e. The lowest BCUT2D eigenvalue weighted by Gasteiger charge is -2.40. The molecule has 0 radical (unpaired) electrons. The fourth-order valence-corrected chi connectivity index (χ4v) is 7.98. The van der Waals surface area contributed by atoms with Crippen molar-refractivity contribution in [1.29, 1.82) is 0 Å². The second-order valence-corrected chi connectivity index (χ2v) is 12.9. The summed E-state index contributed by atoms with van der Waals surface area (Å²) in [6, 6.07) is 14.5. The lowest BCUT2D eigenvalue weighted by Crippen LogP contribution is -2.55. The van der Waals surface area contributed by atoms with Crippen LogP contribution in [0.5, 0.6) is 0 Å². The second kappa shape index (κ2) is 10.8. The van der Waals surface area contributed by atoms with Crippen LogP contribution >= 0.6 is 22.9 Å². The van der Waals surface area contributed by atoms with Crippen molar-refractivity contribution in [2.75, 3.05) is 32.7 Å². The largest absolute Gasteiger partial charge is 0.340 e. The topological polar surface area (TPSA) is 60.9 Å². The number of sulfonamides is 1. The average molecular weight is 562 g/mol. The van der Waals surface area contributed by atoms with Gasteiger partial charge in [-0.25, -0.2) is 12.8 Å². The van der Waals surface area contributed by atoms with Gasteiger partial charge in [0.25, 0.3) is 0 Å². The number of hydrogen-bond acceptors (Lipinski definition) is 5. The van der Waals surface area contributed by atoms with Crippen LogP contribution in [0.3, 0.4) is 0 Å². The Morgan fingerprint density at radius 1 is 1.11 bits per heavy atom.